The van der Waals surface area contributed by atoms with Gasteiger partial charge in [-0.15, -0.1) is 0 Å². The standard InChI is InChI=1S/C24H20N4O2/c29-23-15-21(19-11-5-2-6-12-19)26-24(27-23)28-25-16-20-13-7-8-14-22(20)30-17-18-9-3-1-4-10-18/h1-16H,17H2,(H2,26,27,28,29)/b25-16+. The number of aromatic amines is 1. The van der Waals surface area contributed by atoms with Crippen molar-refractivity contribution in [2.45, 2.75) is 6.61 Å². The van der Waals surface area contributed by atoms with Crippen molar-refractivity contribution in [1.82, 2.24) is 9.97 Å². The van der Waals surface area contributed by atoms with Crippen LogP contribution >= 0.6 is 0 Å². The molecule has 1 heterocycles. The van der Waals surface area contributed by atoms with E-state index in [0.29, 0.717) is 18.1 Å². The number of aromatic nitrogens is 2. The van der Waals surface area contributed by atoms with Crippen LogP contribution in [-0.2, 0) is 6.61 Å². The molecular formula is C24H20N4O2. The zero-order valence-corrected chi connectivity index (χ0v) is 16.2. The van der Waals surface area contributed by atoms with Crippen LogP contribution in [0.25, 0.3) is 11.3 Å². The predicted octanol–water partition coefficient (Wildman–Crippen LogP) is 4.46. The Kier molecular flexibility index (Phi) is 5.96. The van der Waals surface area contributed by atoms with Crippen LogP contribution in [0.15, 0.2) is 101 Å². The summed E-state index contributed by atoms with van der Waals surface area (Å²) in [4.78, 5) is 19.0. The third kappa shape index (κ3) is 4.99. The maximum absolute atomic E-state index is 12.0. The average molecular weight is 396 g/mol. The van der Waals surface area contributed by atoms with Crippen molar-refractivity contribution in [3.63, 3.8) is 0 Å². The molecule has 30 heavy (non-hydrogen) atoms. The zero-order chi connectivity index (χ0) is 20.6. The second-order valence-corrected chi connectivity index (χ2v) is 6.53. The quantitative estimate of drug-likeness (QED) is 0.357. The number of nitrogens with one attached hydrogen (secondary N) is 2. The summed E-state index contributed by atoms with van der Waals surface area (Å²) in [6, 6.07) is 28.5. The fraction of sp³-hybridized carbons (Fsp3) is 0.0417. The summed E-state index contributed by atoms with van der Waals surface area (Å²) in [5.74, 6) is 0.978. The molecule has 0 saturated carbocycles. The first-order chi connectivity index (χ1) is 14.8. The van der Waals surface area contributed by atoms with E-state index in [1.807, 2.05) is 84.9 Å². The van der Waals surface area contributed by atoms with Crippen molar-refractivity contribution < 1.29 is 4.74 Å². The van der Waals surface area contributed by atoms with Gasteiger partial charge in [-0.25, -0.2) is 10.4 Å². The lowest BCUT2D eigenvalue weighted by Gasteiger charge is -2.09. The van der Waals surface area contributed by atoms with E-state index in [0.717, 1.165) is 16.7 Å². The molecule has 0 saturated heterocycles. The Morgan fingerprint density at radius 2 is 1.63 bits per heavy atom. The molecule has 0 amide bonds. The van der Waals surface area contributed by atoms with Crippen molar-refractivity contribution in [3.05, 3.63) is 112 Å². The average Bonchev–Trinajstić information content (AvgIpc) is 2.79. The van der Waals surface area contributed by atoms with E-state index < -0.39 is 0 Å². The number of hydrazone groups is 1. The van der Waals surface area contributed by atoms with E-state index in [1.165, 1.54) is 6.07 Å². The summed E-state index contributed by atoms with van der Waals surface area (Å²) in [5.41, 5.74) is 5.86. The highest BCUT2D eigenvalue weighted by Crippen LogP contribution is 2.18. The third-order valence-corrected chi connectivity index (χ3v) is 4.34. The summed E-state index contributed by atoms with van der Waals surface area (Å²) < 4.78 is 5.93. The van der Waals surface area contributed by atoms with Crippen LogP contribution in [0.2, 0.25) is 0 Å². The minimum atomic E-state index is -0.256. The lowest BCUT2D eigenvalue weighted by atomic mass is 10.1. The van der Waals surface area contributed by atoms with Gasteiger partial charge in [-0.05, 0) is 17.7 Å². The van der Waals surface area contributed by atoms with E-state index in [4.69, 9.17) is 4.74 Å². The molecule has 3 aromatic carbocycles. The predicted molar refractivity (Wildman–Crippen MR) is 119 cm³/mol. The van der Waals surface area contributed by atoms with Gasteiger partial charge in [-0.2, -0.15) is 5.10 Å². The lowest BCUT2D eigenvalue weighted by Crippen LogP contribution is -2.10. The molecule has 0 fully saturated rings. The van der Waals surface area contributed by atoms with Gasteiger partial charge in [0.1, 0.15) is 12.4 Å². The fourth-order valence-electron chi connectivity index (χ4n) is 2.88. The van der Waals surface area contributed by atoms with Crippen LogP contribution in [0.4, 0.5) is 5.95 Å². The minimum absolute atomic E-state index is 0.256. The number of hydrogen-bond acceptors (Lipinski definition) is 5. The van der Waals surface area contributed by atoms with Crippen molar-refractivity contribution in [2.75, 3.05) is 5.43 Å². The largest absolute Gasteiger partial charge is 0.488 e. The second-order valence-electron chi connectivity index (χ2n) is 6.53. The van der Waals surface area contributed by atoms with Crippen LogP contribution in [0.1, 0.15) is 11.1 Å². The number of H-pyrrole nitrogens is 1. The Morgan fingerprint density at radius 1 is 0.933 bits per heavy atom. The first-order valence-corrected chi connectivity index (χ1v) is 9.49. The SMILES string of the molecule is O=c1cc(-c2ccccc2)nc(N/N=C/c2ccccc2OCc2ccccc2)[nH]1. The van der Waals surface area contributed by atoms with Gasteiger partial charge >= 0.3 is 0 Å². The van der Waals surface area contributed by atoms with E-state index in [-0.39, 0.29) is 11.5 Å². The Balaban J connectivity index is 1.47. The van der Waals surface area contributed by atoms with Crippen LogP contribution in [0, 0.1) is 0 Å². The molecule has 0 aliphatic rings. The first-order valence-electron chi connectivity index (χ1n) is 9.49. The summed E-state index contributed by atoms with van der Waals surface area (Å²) in [6.45, 7) is 0.465. The van der Waals surface area contributed by atoms with Crippen molar-refractivity contribution in [1.29, 1.82) is 0 Å². The first kappa shape index (κ1) is 19.1. The number of ether oxygens (including phenoxy) is 1. The topological polar surface area (TPSA) is 79.4 Å². The molecule has 0 radical (unpaired) electrons. The number of rotatable bonds is 7. The number of para-hydroxylation sites is 1. The molecule has 0 atom stereocenters. The fourth-order valence-corrected chi connectivity index (χ4v) is 2.88. The number of hydrogen-bond donors (Lipinski definition) is 2. The molecule has 0 bridgehead atoms. The molecule has 0 unspecified atom stereocenters. The summed E-state index contributed by atoms with van der Waals surface area (Å²) >= 11 is 0. The van der Waals surface area contributed by atoms with Crippen molar-refractivity contribution in [3.8, 4) is 17.0 Å². The minimum Gasteiger partial charge on any atom is -0.488 e. The van der Waals surface area contributed by atoms with Crippen LogP contribution in [-0.4, -0.2) is 16.2 Å². The van der Waals surface area contributed by atoms with Crippen molar-refractivity contribution in [2.24, 2.45) is 5.10 Å². The molecule has 0 aliphatic carbocycles. The summed E-state index contributed by atoms with van der Waals surface area (Å²) in [6.07, 6.45) is 1.63. The van der Waals surface area contributed by atoms with E-state index in [1.54, 1.807) is 6.21 Å². The molecule has 4 aromatic rings. The van der Waals surface area contributed by atoms with Gasteiger partial charge in [-0.1, -0.05) is 72.8 Å². The molecule has 0 spiro atoms. The Morgan fingerprint density at radius 3 is 2.43 bits per heavy atom. The van der Waals surface area contributed by atoms with Gasteiger partial charge in [0.2, 0.25) is 5.95 Å². The smallest absolute Gasteiger partial charge is 0.252 e. The molecule has 0 aliphatic heterocycles. The summed E-state index contributed by atoms with van der Waals surface area (Å²) in [7, 11) is 0. The monoisotopic (exact) mass is 396 g/mol. The maximum Gasteiger partial charge on any atom is 0.252 e. The molecule has 148 valence electrons. The van der Waals surface area contributed by atoms with E-state index >= 15 is 0 Å². The highest BCUT2D eigenvalue weighted by Gasteiger charge is 2.04. The van der Waals surface area contributed by atoms with Crippen molar-refractivity contribution >= 4 is 12.2 Å². The van der Waals surface area contributed by atoms with E-state index in [9.17, 15) is 4.79 Å². The highest BCUT2D eigenvalue weighted by molar-refractivity contribution is 5.83. The maximum atomic E-state index is 12.0. The van der Waals surface area contributed by atoms with Gasteiger partial charge in [0.05, 0.1) is 11.9 Å². The molecule has 2 N–H and O–H groups in total. The summed E-state index contributed by atoms with van der Waals surface area (Å²) in [5, 5.41) is 4.22. The number of anilines is 1. The number of nitrogens with zero attached hydrogens (tertiary/aromatic N) is 2. The van der Waals surface area contributed by atoms with Gasteiger partial charge < -0.3 is 4.74 Å². The molecule has 4 rings (SSSR count). The molecule has 6 nitrogen and oxygen atoms in total. The Labute approximate surface area is 173 Å². The van der Waals surface area contributed by atoms with Gasteiger partial charge in [0.15, 0.2) is 0 Å². The highest BCUT2D eigenvalue weighted by atomic mass is 16.5. The molecular weight excluding hydrogens is 376 g/mol. The number of benzene rings is 3. The molecule has 1 aromatic heterocycles. The molecule has 6 heteroatoms. The van der Waals surface area contributed by atoms with E-state index in [2.05, 4.69) is 20.5 Å². The van der Waals surface area contributed by atoms with Crippen LogP contribution in [0.5, 0.6) is 5.75 Å². The van der Waals surface area contributed by atoms with Crippen LogP contribution < -0.4 is 15.7 Å². The van der Waals surface area contributed by atoms with Gasteiger partial charge in [0, 0.05) is 17.2 Å². The Bertz CT molecular complexity index is 1190. The zero-order valence-electron chi connectivity index (χ0n) is 16.2. The normalized spacial score (nSPS) is 10.8. The van der Waals surface area contributed by atoms with Crippen LogP contribution in [0.3, 0.4) is 0 Å². The Hall–Kier alpha value is -4.19. The lowest BCUT2D eigenvalue weighted by molar-refractivity contribution is 0.306. The van der Waals surface area contributed by atoms with Gasteiger partial charge in [-0.3, -0.25) is 9.78 Å². The second kappa shape index (κ2) is 9.34. The third-order valence-electron chi connectivity index (χ3n) is 4.34. The van der Waals surface area contributed by atoms with Gasteiger partial charge in [0.25, 0.3) is 5.56 Å².